The normalized spacial score (nSPS) is 18.3. The van der Waals surface area contributed by atoms with Gasteiger partial charge in [-0.3, -0.25) is 10.3 Å². The molecule has 2 aliphatic rings. The Balaban J connectivity index is 1.69. The van der Waals surface area contributed by atoms with Crippen LogP contribution in [0.15, 0.2) is 48.2 Å². The third kappa shape index (κ3) is 6.71. The van der Waals surface area contributed by atoms with Crippen molar-refractivity contribution < 1.29 is 18.0 Å². The van der Waals surface area contributed by atoms with E-state index in [0.29, 0.717) is 17.8 Å². The maximum Gasteiger partial charge on any atom is 0.403 e. The first-order valence-electron chi connectivity index (χ1n) is 13.1. The first-order chi connectivity index (χ1) is 17.7. The number of nitrogens with zero attached hydrogens (tertiary/aromatic N) is 1. The van der Waals surface area contributed by atoms with E-state index < -0.39 is 18.3 Å². The van der Waals surface area contributed by atoms with Gasteiger partial charge in [-0.15, -0.1) is 0 Å². The van der Waals surface area contributed by atoms with E-state index >= 15 is 0 Å². The number of carbonyl (C=O) groups is 1. The van der Waals surface area contributed by atoms with Crippen LogP contribution in [0.5, 0.6) is 0 Å². The summed E-state index contributed by atoms with van der Waals surface area (Å²) in [6, 6.07) is 7.23. The zero-order valence-corrected chi connectivity index (χ0v) is 22.1. The highest BCUT2D eigenvalue weighted by Gasteiger charge is 2.37. The number of nitrogens with one attached hydrogen (secondary N) is 1. The van der Waals surface area contributed by atoms with Gasteiger partial charge in [-0.2, -0.15) is 13.2 Å². The van der Waals surface area contributed by atoms with Crippen LogP contribution >= 0.6 is 11.6 Å². The molecule has 37 heavy (non-hydrogen) atoms. The van der Waals surface area contributed by atoms with Crippen molar-refractivity contribution in [3.05, 3.63) is 75.6 Å². The SMILES string of the molecule is CCCC1=C(c2ccc(CC(C=O)NC(C)C(F)(F)F)cn2)C=C(C2CCCC2)Cc2cc(Cl)ccc21. The summed E-state index contributed by atoms with van der Waals surface area (Å²) in [6.45, 7) is 3.18. The topological polar surface area (TPSA) is 42.0 Å². The highest BCUT2D eigenvalue weighted by Crippen LogP contribution is 2.42. The fraction of sp³-hybridized carbons (Fsp3) is 0.467. The molecule has 2 aromatic rings. The Morgan fingerprint density at radius 2 is 1.95 bits per heavy atom. The molecule has 3 nitrogen and oxygen atoms in total. The van der Waals surface area contributed by atoms with Gasteiger partial charge in [0, 0.05) is 16.8 Å². The minimum absolute atomic E-state index is 0.141. The van der Waals surface area contributed by atoms with Gasteiger partial charge in [-0.1, -0.05) is 61.6 Å². The third-order valence-corrected chi connectivity index (χ3v) is 7.73. The van der Waals surface area contributed by atoms with Crippen molar-refractivity contribution in [2.24, 2.45) is 5.92 Å². The predicted octanol–water partition coefficient (Wildman–Crippen LogP) is 7.77. The number of halogens is 4. The fourth-order valence-corrected chi connectivity index (χ4v) is 5.71. The molecule has 1 saturated carbocycles. The van der Waals surface area contributed by atoms with E-state index in [2.05, 4.69) is 30.4 Å². The summed E-state index contributed by atoms with van der Waals surface area (Å²) in [7, 11) is 0. The van der Waals surface area contributed by atoms with Gasteiger partial charge in [0.15, 0.2) is 0 Å². The molecule has 2 atom stereocenters. The van der Waals surface area contributed by atoms with Crippen LogP contribution in [-0.4, -0.2) is 29.5 Å². The molecule has 1 heterocycles. The lowest BCUT2D eigenvalue weighted by atomic mass is 9.90. The molecule has 2 aliphatic carbocycles. The van der Waals surface area contributed by atoms with Gasteiger partial charge in [0.1, 0.15) is 12.3 Å². The average molecular weight is 531 g/mol. The van der Waals surface area contributed by atoms with E-state index in [-0.39, 0.29) is 6.42 Å². The molecule has 1 N–H and O–H groups in total. The number of pyridine rings is 1. The molecule has 0 amide bonds. The van der Waals surface area contributed by atoms with Crippen LogP contribution in [0.2, 0.25) is 5.02 Å². The van der Waals surface area contributed by atoms with Crippen molar-refractivity contribution in [3.63, 3.8) is 0 Å². The van der Waals surface area contributed by atoms with E-state index in [0.717, 1.165) is 42.5 Å². The first-order valence-corrected chi connectivity index (χ1v) is 13.5. The first kappa shape index (κ1) is 27.6. The second-order valence-corrected chi connectivity index (χ2v) is 10.7. The number of hydrogen-bond donors (Lipinski definition) is 1. The van der Waals surface area contributed by atoms with Gasteiger partial charge < -0.3 is 4.79 Å². The number of carbonyl (C=O) groups excluding carboxylic acids is 1. The zero-order valence-electron chi connectivity index (χ0n) is 21.4. The van der Waals surface area contributed by atoms with E-state index in [1.807, 2.05) is 18.2 Å². The summed E-state index contributed by atoms with van der Waals surface area (Å²) < 4.78 is 38.8. The molecule has 1 fully saturated rings. The van der Waals surface area contributed by atoms with E-state index in [4.69, 9.17) is 16.6 Å². The van der Waals surface area contributed by atoms with Crippen LogP contribution in [-0.2, 0) is 17.6 Å². The van der Waals surface area contributed by atoms with Gasteiger partial charge in [0.05, 0.1) is 11.7 Å². The van der Waals surface area contributed by atoms with Gasteiger partial charge in [0.25, 0.3) is 0 Å². The smallest absolute Gasteiger partial charge is 0.302 e. The summed E-state index contributed by atoms with van der Waals surface area (Å²) in [5.74, 6) is 0.553. The Hall–Kier alpha value is -2.44. The molecule has 1 aromatic heterocycles. The molecule has 4 rings (SSSR count). The number of hydrogen-bond acceptors (Lipinski definition) is 3. The lowest BCUT2D eigenvalue weighted by Crippen LogP contribution is -2.46. The maximum absolute atomic E-state index is 12.9. The highest BCUT2D eigenvalue weighted by atomic mass is 35.5. The average Bonchev–Trinajstić information content (AvgIpc) is 3.35. The van der Waals surface area contributed by atoms with Crippen LogP contribution in [0.25, 0.3) is 11.1 Å². The van der Waals surface area contributed by atoms with Crippen molar-refractivity contribution in [2.75, 3.05) is 0 Å². The van der Waals surface area contributed by atoms with E-state index in [9.17, 15) is 18.0 Å². The molecule has 0 radical (unpaired) electrons. The Morgan fingerprint density at radius 1 is 1.19 bits per heavy atom. The summed E-state index contributed by atoms with van der Waals surface area (Å²) >= 11 is 6.40. The Morgan fingerprint density at radius 3 is 2.57 bits per heavy atom. The number of alkyl halides is 3. The third-order valence-electron chi connectivity index (χ3n) is 7.50. The molecule has 7 heteroatoms. The minimum Gasteiger partial charge on any atom is -0.302 e. The van der Waals surface area contributed by atoms with Crippen LogP contribution in [0.4, 0.5) is 13.2 Å². The molecular formula is C30H34ClF3N2O. The molecule has 1 aromatic carbocycles. The summed E-state index contributed by atoms with van der Waals surface area (Å²) in [5, 5.41) is 3.11. The predicted molar refractivity (Wildman–Crippen MR) is 143 cm³/mol. The van der Waals surface area contributed by atoms with Crippen LogP contribution in [0, 0.1) is 5.92 Å². The van der Waals surface area contributed by atoms with Gasteiger partial charge in [0.2, 0.25) is 0 Å². The number of allylic oxidation sites excluding steroid dienone is 4. The monoisotopic (exact) mass is 530 g/mol. The standard InChI is InChI=1S/C30H34ClF3N2O/c1-3-6-27-26-11-10-24(31)15-23(26)14-22(21-7-4-5-8-21)16-28(27)29-12-9-20(17-35-29)13-25(18-37)36-19(2)30(32,33)34/h9-12,15-19,21,25,36H,3-8,13-14H2,1-2H3. The summed E-state index contributed by atoms with van der Waals surface area (Å²) in [4.78, 5) is 16.2. The lowest BCUT2D eigenvalue weighted by Gasteiger charge is -2.21. The lowest BCUT2D eigenvalue weighted by molar-refractivity contribution is -0.153. The van der Waals surface area contributed by atoms with Gasteiger partial charge in [-0.05, 0) is 85.4 Å². The molecule has 0 spiro atoms. The molecular weight excluding hydrogens is 497 g/mol. The van der Waals surface area contributed by atoms with Crippen molar-refractivity contribution in [1.29, 1.82) is 0 Å². The van der Waals surface area contributed by atoms with E-state index in [1.54, 1.807) is 6.20 Å². The largest absolute Gasteiger partial charge is 0.403 e. The fourth-order valence-electron chi connectivity index (χ4n) is 5.52. The Labute approximate surface area is 222 Å². The number of rotatable bonds is 9. The summed E-state index contributed by atoms with van der Waals surface area (Å²) in [5.41, 5.74) is 7.77. The molecule has 0 bridgehead atoms. The van der Waals surface area contributed by atoms with E-state index in [1.165, 1.54) is 48.0 Å². The number of aromatic nitrogens is 1. The Kier molecular flexibility index (Phi) is 8.91. The van der Waals surface area contributed by atoms with Crippen molar-refractivity contribution in [1.82, 2.24) is 10.3 Å². The maximum atomic E-state index is 12.9. The molecule has 2 unspecified atom stereocenters. The van der Waals surface area contributed by atoms with Gasteiger partial charge in [-0.25, -0.2) is 0 Å². The second kappa shape index (κ2) is 12.0. The minimum atomic E-state index is -4.41. The highest BCUT2D eigenvalue weighted by molar-refractivity contribution is 6.30. The summed E-state index contributed by atoms with van der Waals surface area (Å²) in [6.07, 6.45) is 7.91. The Bertz CT molecular complexity index is 1160. The van der Waals surface area contributed by atoms with Crippen LogP contribution in [0.1, 0.15) is 74.8 Å². The van der Waals surface area contributed by atoms with Gasteiger partial charge >= 0.3 is 6.18 Å². The second-order valence-electron chi connectivity index (χ2n) is 10.2. The number of fused-ring (bicyclic) bond motifs is 1. The molecule has 0 aliphatic heterocycles. The van der Waals surface area contributed by atoms with Crippen molar-refractivity contribution in [3.8, 4) is 0 Å². The number of aldehydes is 1. The quantitative estimate of drug-likeness (QED) is 0.337. The number of benzene rings is 1. The zero-order chi connectivity index (χ0) is 26.6. The van der Waals surface area contributed by atoms with Crippen molar-refractivity contribution in [2.45, 2.75) is 83.5 Å². The molecule has 198 valence electrons. The van der Waals surface area contributed by atoms with Crippen LogP contribution < -0.4 is 5.32 Å². The van der Waals surface area contributed by atoms with Crippen molar-refractivity contribution >= 4 is 29.0 Å². The van der Waals surface area contributed by atoms with Crippen LogP contribution in [0.3, 0.4) is 0 Å². The molecule has 0 saturated heterocycles.